The number of allylic oxidation sites excluding steroid dienone is 3. The fourth-order valence-electron chi connectivity index (χ4n) is 3.55. The number of carbonyl (C=O) groups excluding carboxylic acids is 1. The van der Waals surface area contributed by atoms with Crippen molar-refractivity contribution in [2.45, 2.75) is 25.7 Å². The van der Waals surface area contributed by atoms with E-state index in [1.165, 1.54) is 19.2 Å². The number of nitriles is 1. The van der Waals surface area contributed by atoms with Crippen LogP contribution in [0.25, 0.3) is 0 Å². The molecule has 2 aromatic carbocycles. The van der Waals surface area contributed by atoms with Crippen LogP contribution >= 0.6 is 22.6 Å². The molecule has 0 amide bonds. The zero-order valence-electron chi connectivity index (χ0n) is 16.1. The summed E-state index contributed by atoms with van der Waals surface area (Å²) in [6, 6.07) is 16.6. The van der Waals surface area contributed by atoms with Crippen molar-refractivity contribution in [3.63, 3.8) is 0 Å². The number of dihydropyridines is 1. The van der Waals surface area contributed by atoms with Crippen LogP contribution in [0.15, 0.2) is 71.1 Å². The van der Waals surface area contributed by atoms with E-state index in [-0.39, 0.29) is 5.82 Å². The predicted molar refractivity (Wildman–Crippen MR) is 117 cm³/mol. The fraction of sp³-hybridized carbons (Fsp3) is 0.217. The molecular formula is C23H20FIN2O2. The Morgan fingerprint density at radius 2 is 1.97 bits per heavy atom. The number of ether oxygens (including phenoxy) is 1. The Morgan fingerprint density at radius 1 is 1.24 bits per heavy atom. The summed E-state index contributed by atoms with van der Waals surface area (Å²) in [5.41, 5.74) is 4.10. The molecule has 0 radical (unpaired) electrons. The van der Waals surface area contributed by atoms with E-state index in [0.717, 1.165) is 17.7 Å². The molecule has 0 aliphatic carbocycles. The standard InChI is InChI=1S/C23H20FIN2O2/c1-14-18(13-26)21(17-10-9-16(24)12-19(17)25)22(23(28)29-2)20(27-14)11-8-15-6-4-3-5-7-15/h3-7,9-10,12,21,27H,8,11H2,1-2H3. The molecule has 0 bridgehead atoms. The third-order valence-electron chi connectivity index (χ3n) is 4.95. The first kappa shape index (κ1) is 21.1. The number of esters is 1. The van der Waals surface area contributed by atoms with Crippen molar-refractivity contribution in [1.82, 2.24) is 5.32 Å². The van der Waals surface area contributed by atoms with Gasteiger partial charge in [-0.25, -0.2) is 9.18 Å². The van der Waals surface area contributed by atoms with E-state index in [0.29, 0.717) is 32.4 Å². The van der Waals surface area contributed by atoms with E-state index in [9.17, 15) is 14.4 Å². The lowest BCUT2D eigenvalue weighted by molar-refractivity contribution is -0.136. The molecule has 1 unspecified atom stereocenters. The second-order valence-corrected chi connectivity index (χ2v) is 7.91. The van der Waals surface area contributed by atoms with Crippen LogP contribution in [0.1, 0.15) is 30.4 Å². The number of aryl methyl sites for hydroxylation is 1. The third kappa shape index (κ3) is 4.51. The van der Waals surface area contributed by atoms with Crippen LogP contribution in [0, 0.1) is 20.7 Å². The molecule has 148 valence electrons. The average Bonchev–Trinajstić information content (AvgIpc) is 2.72. The highest BCUT2D eigenvalue weighted by molar-refractivity contribution is 14.1. The largest absolute Gasteiger partial charge is 0.466 e. The summed E-state index contributed by atoms with van der Waals surface area (Å²) < 4.78 is 19.4. The normalized spacial score (nSPS) is 16.3. The minimum absolute atomic E-state index is 0.362. The number of halogens is 2. The Hall–Kier alpha value is -2.66. The molecule has 29 heavy (non-hydrogen) atoms. The Balaban J connectivity index is 2.11. The molecule has 0 saturated carbocycles. The number of rotatable bonds is 5. The van der Waals surface area contributed by atoms with Crippen molar-refractivity contribution >= 4 is 28.6 Å². The first-order chi connectivity index (χ1) is 14.0. The maximum Gasteiger partial charge on any atom is 0.336 e. The van der Waals surface area contributed by atoms with Crippen molar-refractivity contribution in [1.29, 1.82) is 5.26 Å². The van der Waals surface area contributed by atoms with Gasteiger partial charge in [-0.3, -0.25) is 0 Å². The van der Waals surface area contributed by atoms with Crippen LogP contribution in [0.2, 0.25) is 0 Å². The highest BCUT2D eigenvalue weighted by Crippen LogP contribution is 2.41. The van der Waals surface area contributed by atoms with Crippen LogP contribution in [-0.2, 0) is 16.0 Å². The van der Waals surface area contributed by atoms with Crippen molar-refractivity contribution in [2.75, 3.05) is 7.11 Å². The summed E-state index contributed by atoms with van der Waals surface area (Å²) in [6.07, 6.45) is 1.31. The molecule has 0 aromatic heterocycles. The van der Waals surface area contributed by atoms with E-state index in [1.54, 1.807) is 6.07 Å². The predicted octanol–water partition coefficient (Wildman–Crippen LogP) is 4.97. The minimum Gasteiger partial charge on any atom is -0.466 e. The average molecular weight is 502 g/mol. The summed E-state index contributed by atoms with van der Waals surface area (Å²) >= 11 is 2.04. The highest BCUT2D eigenvalue weighted by Gasteiger charge is 2.36. The second kappa shape index (κ2) is 9.23. The Kier molecular flexibility index (Phi) is 6.70. The van der Waals surface area contributed by atoms with Crippen molar-refractivity contribution in [2.24, 2.45) is 0 Å². The molecule has 4 nitrogen and oxygen atoms in total. The lowest BCUT2D eigenvalue weighted by Gasteiger charge is -2.30. The van der Waals surface area contributed by atoms with Gasteiger partial charge in [0.05, 0.1) is 30.2 Å². The maximum atomic E-state index is 13.7. The molecule has 0 fully saturated rings. The van der Waals surface area contributed by atoms with Gasteiger partial charge in [-0.2, -0.15) is 5.26 Å². The maximum absolute atomic E-state index is 13.7. The molecule has 2 aromatic rings. The zero-order valence-corrected chi connectivity index (χ0v) is 18.3. The lowest BCUT2D eigenvalue weighted by Crippen LogP contribution is -2.30. The van der Waals surface area contributed by atoms with Gasteiger partial charge in [0.25, 0.3) is 0 Å². The van der Waals surface area contributed by atoms with Crippen LogP contribution < -0.4 is 5.32 Å². The van der Waals surface area contributed by atoms with Gasteiger partial charge < -0.3 is 10.1 Å². The van der Waals surface area contributed by atoms with Crippen molar-refractivity contribution < 1.29 is 13.9 Å². The van der Waals surface area contributed by atoms with E-state index >= 15 is 0 Å². The summed E-state index contributed by atoms with van der Waals surface area (Å²) in [4.78, 5) is 12.8. The summed E-state index contributed by atoms with van der Waals surface area (Å²) in [7, 11) is 1.33. The molecule has 1 atom stereocenters. The quantitative estimate of drug-likeness (QED) is 0.463. The van der Waals surface area contributed by atoms with Gasteiger partial charge in [-0.15, -0.1) is 0 Å². The fourth-order valence-corrected chi connectivity index (χ4v) is 4.34. The monoisotopic (exact) mass is 502 g/mol. The number of benzene rings is 2. The smallest absolute Gasteiger partial charge is 0.336 e. The number of nitrogens with one attached hydrogen (secondary N) is 1. The number of hydrogen-bond acceptors (Lipinski definition) is 4. The Bertz CT molecular complexity index is 1040. The molecule has 6 heteroatoms. The number of carbonyl (C=O) groups is 1. The van der Waals surface area contributed by atoms with Crippen molar-refractivity contribution in [3.8, 4) is 6.07 Å². The molecule has 1 aliphatic rings. The summed E-state index contributed by atoms with van der Waals surface area (Å²) in [5, 5.41) is 13.0. The molecule has 3 rings (SSSR count). The topological polar surface area (TPSA) is 62.1 Å². The van der Waals surface area contributed by atoms with Gasteiger partial charge in [-0.1, -0.05) is 36.4 Å². The summed E-state index contributed by atoms with van der Waals surface area (Å²) in [6.45, 7) is 1.82. The zero-order chi connectivity index (χ0) is 21.0. The van der Waals surface area contributed by atoms with Crippen LogP contribution in [0.5, 0.6) is 0 Å². The minimum atomic E-state index is -0.605. The Labute approximate surface area is 183 Å². The SMILES string of the molecule is COC(=O)C1=C(CCc2ccccc2)NC(C)=C(C#N)C1c1ccc(F)cc1I. The first-order valence-electron chi connectivity index (χ1n) is 9.14. The van der Waals surface area contributed by atoms with Gasteiger partial charge in [0.1, 0.15) is 5.82 Å². The van der Waals surface area contributed by atoms with Gasteiger partial charge in [0.15, 0.2) is 0 Å². The molecular weight excluding hydrogens is 482 g/mol. The first-order valence-corrected chi connectivity index (χ1v) is 10.2. The number of nitrogens with zero attached hydrogens (tertiary/aromatic N) is 1. The van der Waals surface area contributed by atoms with Crippen LogP contribution in [-0.4, -0.2) is 13.1 Å². The van der Waals surface area contributed by atoms with Gasteiger partial charge in [-0.05, 0) is 65.6 Å². The van der Waals surface area contributed by atoms with Gasteiger partial charge >= 0.3 is 5.97 Å². The number of methoxy groups -OCH3 is 1. The lowest BCUT2D eigenvalue weighted by atomic mass is 9.80. The van der Waals surface area contributed by atoms with E-state index in [4.69, 9.17) is 4.74 Å². The van der Waals surface area contributed by atoms with Gasteiger partial charge in [0, 0.05) is 15.0 Å². The molecule has 0 saturated heterocycles. The van der Waals surface area contributed by atoms with Crippen molar-refractivity contribution in [3.05, 3.63) is 91.6 Å². The van der Waals surface area contributed by atoms with Crippen LogP contribution in [0.4, 0.5) is 4.39 Å². The molecule has 1 N–H and O–H groups in total. The van der Waals surface area contributed by atoms with E-state index < -0.39 is 11.9 Å². The Morgan fingerprint density at radius 3 is 2.59 bits per heavy atom. The second-order valence-electron chi connectivity index (χ2n) is 6.74. The third-order valence-corrected chi connectivity index (χ3v) is 5.88. The number of hydrogen-bond donors (Lipinski definition) is 1. The van der Waals surface area contributed by atoms with Crippen LogP contribution in [0.3, 0.4) is 0 Å². The molecule has 1 aliphatic heterocycles. The molecule has 1 heterocycles. The summed E-state index contributed by atoms with van der Waals surface area (Å²) in [5.74, 6) is -1.46. The molecule has 0 spiro atoms. The van der Waals surface area contributed by atoms with Gasteiger partial charge in [0.2, 0.25) is 0 Å². The van der Waals surface area contributed by atoms with E-state index in [1.807, 2.05) is 59.8 Å². The van der Waals surface area contributed by atoms with E-state index in [2.05, 4.69) is 11.4 Å². The highest BCUT2D eigenvalue weighted by atomic mass is 127.